The van der Waals surface area contributed by atoms with Crippen LogP contribution in [-0.4, -0.2) is 48.9 Å². The molecule has 2 amide bonds. The van der Waals surface area contributed by atoms with E-state index in [4.69, 9.17) is 16.3 Å². The quantitative estimate of drug-likeness (QED) is 0.514. The van der Waals surface area contributed by atoms with Crippen LogP contribution in [0.2, 0.25) is 5.02 Å². The van der Waals surface area contributed by atoms with E-state index in [0.717, 1.165) is 0 Å². The maximum atomic E-state index is 12.2. The Hall–Kier alpha value is -3.17. The summed E-state index contributed by atoms with van der Waals surface area (Å²) >= 11 is 5.83. The van der Waals surface area contributed by atoms with Gasteiger partial charge in [0.25, 0.3) is 5.69 Å². The Morgan fingerprint density at radius 3 is 2.46 bits per heavy atom. The highest BCUT2D eigenvalue weighted by molar-refractivity contribution is 6.31. The molecule has 2 N–H and O–H groups in total. The number of ether oxygens (including phenoxy) is 1. The normalized spacial score (nSPS) is 10.4. The summed E-state index contributed by atoms with van der Waals surface area (Å²) in [6, 6.07) is 10.7. The number of nitro groups is 1. The van der Waals surface area contributed by atoms with Gasteiger partial charge < -0.3 is 15.4 Å². The van der Waals surface area contributed by atoms with Crippen molar-refractivity contribution in [3.8, 4) is 5.75 Å². The first-order valence-electron chi connectivity index (χ1n) is 8.14. The monoisotopic (exact) mass is 406 g/mol. The second-order valence-electron chi connectivity index (χ2n) is 5.92. The van der Waals surface area contributed by atoms with E-state index in [9.17, 15) is 19.7 Å². The molecule has 2 aromatic rings. The Bertz CT molecular complexity index is 890. The van der Waals surface area contributed by atoms with Gasteiger partial charge in [-0.15, -0.1) is 0 Å². The molecule has 10 heteroatoms. The van der Waals surface area contributed by atoms with Gasteiger partial charge in [-0.05, 0) is 31.3 Å². The zero-order valence-electron chi connectivity index (χ0n) is 15.3. The van der Waals surface area contributed by atoms with Gasteiger partial charge in [0.15, 0.2) is 0 Å². The van der Waals surface area contributed by atoms with Crippen molar-refractivity contribution in [1.82, 2.24) is 4.90 Å². The van der Waals surface area contributed by atoms with E-state index in [0.29, 0.717) is 11.4 Å². The van der Waals surface area contributed by atoms with E-state index >= 15 is 0 Å². The Labute approximate surface area is 166 Å². The average molecular weight is 407 g/mol. The topological polar surface area (TPSA) is 114 Å². The lowest BCUT2D eigenvalue weighted by Crippen LogP contribution is -2.36. The Morgan fingerprint density at radius 2 is 1.82 bits per heavy atom. The number of methoxy groups -OCH3 is 1. The number of hydrogen-bond donors (Lipinski definition) is 2. The molecule has 2 aromatic carbocycles. The maximum absolute atomic E-state index is 12.2. The van der Waals surface area contributed by atoms with E-state index in [1.807, 2.05) is 0 Å². The summed E-state index contributed by atoms with van der Waals surface area (Å²) < 4.78 is 5.09. The Morgan fingerprint density at radius 1 is 1.14 bits per heavy atom. The summed E-state index contributed by atoms with van der Waals surface area (Å²) in [7, 11) is 3.11. The Balaban J connectivity index is 1.91. The van der Waals surface area contributed by atoms with Gasteiger partial charge in [-0.2, -0.15) is 0 Å². The van der Waals surface area contributed by atoms with Gasteiger partial charge >= 0.3 is 0 Å². The first kappa shape index (κ1) is 21.1. The van der Waals surface area contributed by atoms with Crippen LogP contribution in [-0.2, 0) is 9.59 Å². The van der Waals surface area contributed by atoms with Crippen LogP contribution in [0.1, 0.15) is 0 Å². The minimum absolute atomic E-state index is 0.00303. The third kappa shape index (κ3) is 6.22. The average Bonchev–Trinajstić information content (AvgIpc) is 2.61. The van der Waals surface area contributed by atoms with Crippen LogP contribution in [0.4, 0.5) is 17.1 Å². The maximum Gasteiger partial charge on any atom is 0.292 e. The third-order valence-electron chi connectivity index (χ3n) is 3.61. The standard InChI is InChI=1S/C18H19ClN4O5/c1-22(10-17(24)20-13-4-3-5-14(9-13)28-2)11-18(25)21-15-8-12(19)6-7-16(15)23(26)27/h3-9H,10-11H2,1-2H3,(H,20,24)(H,21,25). The van der Waals surface area contributed by atoms with Gasteiger partial charge in [-0.25, -0.2) is 0 Å². The molecule has 0 saturated heterocycles. The largest absolute Gasteiger partial charge is 0.497 e. The number of nitrogens with zero attached hydrogens (tertiary/aromatic N) is 2. The molecule has 0 radical (unpaired) electrons. The van der Waals surface area contributed by atoms with Crippen LogP contribution >= 0.6 is 11.6 Å². The summed E-state index contributed by atoms with van der Waals surface area (Å²) in [4.78, 5) is 36.2. The second kappa shape index (κ2) is 9.67. The lowest BCUT2D eigenvalue weighted by molar-refractivity contribution is -0.383. The summed E-state index contributed by atoms with van der Waals surface area (Å²) in [5.74, 6) is -0.229. The number of amides is 2. The fourth-order valence-electron chi connectivity index (χ4n) is 2.40. The first-order valence-corrected chi connectivity index (χ1v) is 8.52. The molecule has 0 bridgehead atoms. The molecule has 0 heterocycles. The predicted molar refractivity (Wildman–Crippen MR) is 106 cm³/mol. The molecular weight excluding hydrogens is 388 g/mol. The van der Waals surface area contributed by atoms with Crippen molar-refractivity contribution in [3.63, 3.8) is 0 Å². The van der Waals surface area contributed by atoms with Crippen LogP contribution in [0, 0.1) is 10.1 Å². The summed E-state index contributed by atoms with van der Waals surface area (Å²) in [6.45, 7) is -0.197. The van der Waals surface area contributed by atoms with Crippen LogP contribution in [0.15, 0.2) is 42.5 Å². The van der Waals surface area contributed by atoms with Gasteiger partial charge in [-0.1, -0.05) is 17.7 Å². The van der Waals surface area contributed by atoms with Crippen LogP contribution < -0.4 is 15.4 Å². The molecule has 9 nitrogen and oxygen atoms in total. The first-order chi connectivity index (χ1) is 13.3. The zero-order valence-corrected chi connectivity index (χ0v) is 16.0. The number of nitro benzene ring substituents is 1. The number of rotatable bonds is 8. The molecule has 0 unspecified atom stereocenters. The molecule has 0 spiro atoms. The molecule has 0 fully saturated rings. The van der Waals surface area contributed by atoms with Crippen molar-refractivity contribution in [3.05, 3.63) is 57.6 Å². The number of anilines is 2. The number of halogens is 1. The molecule has 2 rings (SSSR count). The SMILES string of the molecule is COc1cccc(NC(=O)CN(C)CC(=O)Nc2cc(Cl)ccc2[N+](=O)[O-])c1. The second-order valence-corrected chi connectivity index (χ2v) is 6.36. The molecule has 28 heavy (non-hydrogen) atoms. The molecule has 148 valence electrons. The lowest BCUT2D eigenvalue weighted by Gasteiger charge is -2.16. The van der Waals surface area contributed by atoms with Crippen molar-refractivity contribution in [2.24, 2.45) is 0 Å². The van der Waals surface area contributed by atoms with Crippen LogP contribution in [0.5, 0.6) is 5.75 Å². The molecule has 0 atom stereocenters. The molecular formula is C18H19ClN4O5. The Kier molecular flexibility index (Phi) is 7.30. The van der Waals surface area contributed by atoms with Gasteiger partial charge in [-0.3, -0.25) is 24.6 Å². The molecule has 0 aliphatic rings. The minimum atomic E-state index is -0.614. The highest BCUT2D eigenvalue weighted by Gasteiger charge is 2.18. The van der Waals surface area contributed by atoms with Crippen molar-refractivity contribution in [2.45, 2.75) is 0 Å². The molecule has 0 aliphatic heterocycles. The number of hydrogen-bond acceptors (Lipinski definition) is 6. The number of carbonyl (C=O) groups excluding carboxylic acids is 2. The van der Waals surface area contributed by atoms with Crippen LogP contribution in [0.25, 0.3) is 0 Å². The number of likely N-dealkylation sites (N-methyl/N-ethyl adjacent to an activating group) is 1. The van der Waals surface area contributed by atoms with Gasteiger partial charge in [0.05, 0.1) is 25.1 Å². The molecule has 0 aromatic heterocycles. The zero-order chi connectivity index (χ0) is 20.7. The van der Waals surface area contributed by atoms with E-state index in [2.05, 4.69) is 10.6 Å². The lowest BCUT2D eigenvalue weighted by atomic mass is 10.2. The predicted octanol–water partition coefficient (Wildman–Crippen LogP) is 2.77. The van der Waals surface area contributed by atoms with Crippen LogP contribution in [0.3, 0.4) is 0 Å². The molecule has 0 saturated carbocycles. The van der Waals surface area contributed by atoms with Crippen molar-refractivity contribution in [2.75, 3.05) is 37.9 Å². The third-order valence-corrected chi connectivity index (χ3v) is 3.85. The van der Waals surface area contributed by atoms with Crippen molar-refractivity contribution < 1.29 is 19.2 Å². The van der Waals surface area contributed by atoms with E-state index in [1.165, 1.54) is 30.2 Å². The van der Waals surface area contributed by atoms with Gasteiger partial charge in [0.2, 0.25) is 11.8 Å². The van der Waals surface area contributed by atoms with Gasteiger partial charge in [0.1, 0.15) is 11.4 Å². The summed E-state index contributed by atoms with van der Waals surface area (Å²) in [5.41, 5.74) is 0.296. The molecule has 0 aliphatic carbocycles. The fraction of sp³-hybridized carbons (Fsp3) is 0.222. The number of carbonyl (C=O) groups is 2. The van der Waals surface area contributed by atoms with Crippen molar-refractivity contribution >= 4 is 40.5 Å². The smallest absolute Gasteiger partial charge is 0.292 e. The van der Waals surface area contributed by atoms with E-state index < -0.39 is 10.8 Å². The minimum Gasteiger partial charge on any atom is -0.497 e. The number of benzene rings is 2. The van der Waals surface area contributed by atoms with Gasteiger partial charge in [0, 0.05) is 22.8 Å². The highest BCUT2D eigenvalue weighted by Crippen LogP contribution is 2.27. The van der Waals surface area contributed by atoms with E-state index in [-0.39, 0.29) is 35.4 Å². The highest BCUT2D eigenvalue weighted by atomic mass is 35.5. The fourth-order valence-corrected chi connectivity index (χ4v) is 2.58. The summed E-state index contributed by atoms with van der Waals surface area (Å²) in [5, 5.41) is 16.4. The summed E-state index contributed by atoms with van der Waals surface area (Å²) in [6.07, 6.45) is 0. The van der Waals surface area contributed by atoms with E-state index in [1.54, 1.807) is 31.3 Å². The number of nitrogens with one attached hydrogen (secondary N) is 2. The van der Waals surface area contributed by atoms with Crippen molar-refractivity contribution in [1.29, 1.82) is 0 Å².